The normalized spacial score (nSPS) is 12.9. The molecule has 0 spiro atoms. The molecular weight excluding hydrogens is 454 g/mol. The van der Waals surface area contributed by atoms with Gasteiger partial charge in [-0.3, -0.25) is 9.59 Å². The van der Waals surface area contributed by atoms with E-state index in [2.05, 4.69) is 5.32 Å². The molecule has 3 rings (SSSR count). The number of carboxylic acid groups (broad SMARTS) is 1. The van der Waals surface area contributed by atoms with Gasteiger partial charge in [-0.15, -0.1) is 12.4 Å². The average molecular weight is 483 g/mol. The third-order valence-corrected chi connectivity index (χ3v) is 5.51. The number of benzene rings is 2. The van der Waals surface area contributed by atoms with E-state index in [-0.39, 0.29) is 50.0 Å². The first-order valence-electron chi connectivity index (χ1n) is 10.6. The summed E-state index contributed by atoms with van der Waals surface area (Å²) in [5.41, 5.74) is 2.60. The molecule has 0 aromatic heterocycles. The summed E-state index contributed by atoms with van der Waals surface area (Å²) < 4.78 is 34.0. The molecule has 0 saturated heterocycles. The Morgan fingerprint density at radius 2 is 1.88 bits per heavy atom. The van der Waals surface area contributed by atoms with Gasteiger partial charge in [0, 0.05) is 30.3 Å². The smallest absolute Gasteiger partial charge is 0.304 e. The maximum atomic E-state index is 14.1. The largest absolute Gasteiger partial charge is 0.489 e. The molecule has 1 aliphatic rings. The second-order valence-electron chi connectivity index (χ2n) is 8.17. The van der Waals surface area contributed by atoms with Crippen molar-refractivity contribution in [3.05, 3.63) is 59.2 Å². The number of carbonyl (C=O) groups is 2. The predicted octanol–water partition coefficient (Wildman–Crippen LogP) is 4.39. The van der Waals surface area contributed by atoms with Gasteiger partial charge in [0.15, 0.2) is 0 Å². The maximum Gasteiger partial charge on any atom is 0.304 e. The van der Waals surface area contributed by atoms with Crippen LogP contribution in [0.4, 0.5) is 14.5 Å². The third kappa shape index (κ3) is 6.65. The van der Waals surface area contributed by atoms with E-state index >= 15 is 0 Å². The number of amides is 1. The van der Waals surface area contributed by atoms with Crippen LogP contribution in [0.5, 0.6) is 5.75 Å². The summed E-state index contributed by atoms with van der Waals surface area (Å²) in [6.07, 6.45) is 0.666. The number of hydrogen-bond donors (Lipinski definition) is 2. The van der Waals surface area contributed by atoms with Crippen molar-refractivity contribution in [2.24, 2.45) is 5.92 Å². The minimum absolute atomic E-state index is 0. The van der Waals surface area contributed by atoms with Gasteiger partial charge in [0.25, 0.3) is 5.92 Å². The second kappa shape index (κ2) is 11.4. The quantitative estimate of drug-likeness (QED) is 0.491. The molecule has 2 aromatic carbocycles. The van der Waals surface area contributed by atoms with Gasteiger partial charge >= 0.3 is 5.97 Å². The molecule has 9 heteroatoms. The lowest BCUT2D eigenvalue weighted by Crippen LogP contribution is -2.37. The number of anilines is 1. The Kier molecular flexibility index (Phi) is 9.19. The standard InChI is InChI=1S/C24H28F2N2O4.ClH/c1-16(2)24(25,26)19-5-3-17(4-6-19)15-32-20-7-8-21-18(13-20)10-12-28(21)22(29)14-27-11-9-23(30)31;/h3-8,13,16,27H,9-12,14-15H2,1-2H3,(H,30,31);1H. The molecule has 180 valence electrons. The van der Waals surface area contributed by atoms with Gasteiger partial charge in [-0.1, -0.05) is 38.1 Å². The number of fused-ring (bicyclic) bond motifs is 1. The van der Waals surface area contributed by atoms with Crippen molar-refractivity contribution in [2.45, 2.75) is 39.2 Å². The van der Waals surface area contributed by atoms with E-state index < -0.39 is 17.8 Å². The molecule has 0 unspecified atom stereocenters. The van der Waals surface area contributed by atoms with Crippen LogP contribution in [0, 0.1) is 5.92 Å². The molecule has 1 aliphatic heterocycles. The van der Waals surface area contributed by atoms with Crippen molar-refractivity contribution < 1.29 is 28.2 Å². The minimum atomic E-state index is -2.87. The minimum Gasteiger partial charge on any atom is -0.489 e. The van der Waals surface area contributed by atoms with Crippen molar-refractivity contribution in [1.29, 1.82) is 0 Å². The van der Waals surface area contributed by atoms with Crippen LogP contribution in [0.15, 0.2) is 42.5 Å². The van der Waals surface area contributed by atoms with Crippen molar-refractivity contribution in [3.63, 3.8) is 0 Å². The summed E-state index contributed by atoms with van der Waals surface area (Å²) in [6.45, 7) is 4.12. The van der Waals surface area contributed by atoms with Crippen molar-refractivity contribution in [1.82, 2.24) is 5.32 Å². The first-order valence-corrected chi connectivity index (χ1v) is 10.6. The number of carbonyl (C=O) groups excluding carboxylic acids is 1. The summed E-state index contributed by atoms with van der Waals surface area (Å²) in [5.74, 6) is -4.01. The summed E-state index contributed by atoms with van der Waals surface area (Å²) >= 11 is 0. The zero-order chi connectivity index (χ0) is 23.3. The number of nitrogens with zero attached hydrogens (tertiary/aromatic N) is 1. The van der Waals surface area contributed by atoms with Crippen LogP contribution in [0.25, 0.3) is 0 Å². The highest BCUT2D eigenvalue weighted by Crippen LogP contribution is 2.36. The highest BCUT2D eigenvalue weighted by atomic mass is 35.5. The first-order chi connectivity index (χ1) is 15.2. The number of ether oxygens (including phenoxy) is 1. The Balaban J connectivity index is 0.00000385. The average Bonchev–Trinajstić information content (AvgIpc) is 3.18. The Morgan fingerprint density at radius 3 is 2.52 bits per heavy atom. The van der Waals surface area contributed by atoms with Gasteiger partial charge < -0.3 is 20.1 Å². The summed E-state index contributed by atoms with van der Waals surface area (Å²) in [6, 6.07) is 11.7. The lowest BCUT2D eigenvalue weighted by molar-refractivity contribution is -0.137. The van der Waals surface area contributed by atoms with E-state index in [1.54, 1.807) is 23.1 Å². The van der Waals surface area contributed by atoms with Gasteiger partial charge in [-0.25, -0.2) is 8.78 Å². The molecule has 0 aliphatic carbocycles. The number of hydrogen-bond acceptors (Lipinski definition) is 4. The molecule has 2 aromatic rings. The molecule has 1 amide bonds. The van der Waals surface area contributed by atoms with Crippen molar-refractivity contribution in [2.75, 3.05) is 24.5 Å². The van der Waals surface area contributed by atoms with Crippen LogP contribution in [0.3, 0.4) is 0 Å². The Bertz CT molecular complexity index is 967. The van der Waals surface area contributed by atoms with Crippen LogP contribution >= 0.6 is 12.4 Å². The van der Waals surface area contributed by atoms with Crippen LogP contribution < -0.4 is 15.0 Å². The number of alkyl halides is 2. The zero-order valence-corrected chi connectivity index (χ0v) is 19.5. The van der Waals surface area contributed by atoms with Gasteiger partial charge in [0.2, 0.25) is 5.91 Å². The van der Waals surface area contributed by atoms with Crippen LogP contribution in [0.2, 0.25) is 0 Å². The molecule has 1 heterocycles. The van der Waals surface area contributed by atoms with Crippen molar-refractivity contribution >= 4 is 30.0 Å². The second-order valence-corrected chi connectivity index (χ2v) is 8.17. The number of halogens is 3. The molecular formula is C24H29ClF2N2O4. The lowest BCUT2D eigenvalue weighted by atomic mass is 9.97. The van der Waals surface area contributed by atoms with E-state index in [1.807, 2.05) is 12.1 Å². The Morgan fingerprint density at radius 1 is 1.18 bits per heavy atom. The molecule has 0 fully saturated rings. The molecule has 0 atom stereocenters. The number of rotatable bonds is 10. The molecule has 6 nitrogen and oxygen atoms in total. The number of aliphatic carboxylic acids is 1. The highest BCUT2D eigenvalue weighted by Gasteiger charge is 2.35. The molecule has 2 N–H and O–H groups in total. The van der Waals surface area contributed by atoms with Gasteiger partial charge in [0.05, 0.1) is 13.0 Å². The number of nitrogens with one attached hydrogen (secondary N) is 1. The van der Waals surface area contributed by atoms with Crippen LogP contribution in [0.1, 0.15) is 37.0 Å². The van der Waals surface area contributed by atoms with E-state index in [0.717, 1.165) is 16.8 Å². The molecule has 0 bridgehead atoms. The molecule has 0 saturated carbocycles. The topological polar surface area (TPSA) is 78.9 Å². The van der Waals surface area contributed by atoms with E-state index in [9.17, 15) is 18.4 Å². The fourth-order valence-electron chi connectivity index (χ4n) is 3.54. The van der Waals surface area contributed by atoms with Crippen LogP contribution in [-0.4, -0.2) is 36.6 Å². The van der Waals surface area contributed by atoms with Gasteiger partial charge in [0.1, 0.15) is 12.4 Å². The zero-order valence-electron chi connectivity index (χ0n) is 18.6. The van der Waals surface area contributed by atoms with Gasteiger partial charge in [-0.2, -0.15) is 0 Å². The lowest BCUT2D eigenvalue weighted by Gasteiger charge is -2.21. The molecule has 0 radical (unpaired) electrons. The first kappa shape index (κ1) is 26.5. The van der Waals surface area contributed by atoms with E-state index in [0.29, 0.717) is 18.7 Å². The Labute approximate surface area is 198 Å². The fourth-order valence-corrected chi connectivity index (χ4v) is 3.54. The summed E-state index contributed by atoms with van der Waals surface area (Å²) in [7, 11) is 0. The van der Waals surface area contributed by atoms with Crippen LogP contribution in [-0.2, 0) is 28.5 Å². The fraction of sp³-hybridized carbons (Fsp3) is 0.417. The Hall–Kier alpha value is -2.71. The summed E-state index contributed by atoms with van der Waals surface area (Å²) in [5, 5.41) is 11.5. The third-order valence-electron chi connectivity index (χ3n) is 5.51. The predicted molar refractivity (Wildman–Crippen MR) is 124 cm³/mol. The number of carboxylic acids is 1. The SMILES string of the molecule is CC(C)C(F)(F)c1ccc(COc2ccc3c(c2)CCN3C(=O)CNCCC(=O)O)cc1.Cl. The summed E-state index contributed by atoms with van der Waals surface area (Å²) in [4.78, 5) is 24.6. The van der Waals surface area contributed by atoms with Gasteiger partial charge in [-0.05, 0) is 35.7 Å². The van der Waals surface area contributed by atoms with E-state index in [4.69, 9.17) is 9.84 Å². The van der Waals surface area contributed by atoms with E-state index in [1.165, 1.54) is 26.0 Å². The molecule has 33 heavy (non-hydrogen) atoms. The van der Waals surface area contributed by atoms with Crippen molar-refractivity contribution in [3.8, 4) is 5.75 Å². The highest BCUT2D eigenvalue weighted by molar-refractivity contribution is 5.96. The maximum absolute atomic E-state index is 14.1. The monoisotopic (exact) mass is 482 g/mol.